The van der Waals surface area contributed by atoms with E-state index < -0.39 is 0 Å². The zero-order valence-corrected chi connectivity index (χ0v) is 15.8. The van der Waals surface area contributed by atoms with Gasteiger partial charge in [0.2, 0.25) is 0 Å². The Labute approximate surface area is 151 Å². The van der Waals surface area contributed by atoms with Crippen LogP contribution in [-0.2, 0) is 33.3 Å². The molecule has 0 N–H and O–H groups in total. The molecule has 0 radical (unpaired) electrons. The molecule has 0 atom stereocenters. The normalized spacial score (nSPS) is 10.6. The van der Waals surface area contributed by atoms with Crippen molar-refractivity contribution >= 4 is 11.9 Å². The van der Waals surface area contributed by atoms with Gasteiger partial charge in [-0.1, -0.05) is 32.6 Å². The summed E-state index contributed by atoms with van der Waals surface area (Å²) in [6.45, 7) is 4.91. The fourth-order valence-electron chi connectivity index (χ4n) is 1.96. The molecule has 7 nitrogen and oxygen atoms in total. The predicted octanol–water partition coefficient (Wildman–Crippen LogP) is 2.50. The maximum atomic E-state index is 11.5. The van der Waals surface area contributed by atoms with Crippen LogP contribution in [-0.4, -0.2) is 65.3 Å². The van der Waals surface area contributed by atoms with E-state index in [0.29, 0.717) is 46.1 Å². The highest BCUT2D eigenvalue weighted by atomic mass is 16.6. The minimum atomic E-state index is -0.286. The summed E-state index contributed by atoms with van der Waals surface area (Å²) in [4.78, 5) is 22.3. The molecule has 7 heteroatoms. The van der Waals surface area contributed by atoms with Crippen LogP contribution in [0.4, 0.5) is 0 Å². The van der Waals surface area contributed by atoms with E-state index in [1.807, 2.05) is 0 Å². The van der Waals surface area contributed by atoms with Crippen molar-refractivity contribution in [2.24, 2.45) is 0 Å². The first-order valence-electron chi connectivity index (χ1n) is 9.16. The second-order valence-corrected chi connectivity index (χ2v) is 5.55. The van der Waals surface area contributed by atoms with E-state index in [9.17, 15) is 9.59 Å². The zero-order valence-electron chi connectivity index (χ0n) is 15.8. The third-order valence-corrected chi connectivity index (χ3v) is 3.40. The van der Waals surface area contributed by atoms with Gasteiger partial charge in [-0.15, -0.1) is 0 Å². The lowest BCUT2D eigenvalue weighted by Gasteiger charge is -2.07. The Hall–Kier alpha value is -1.18. The van der Waals surface area contributed by atoms with Crippen LogP contribution in [0.15, 0.2) is 0 Å². The fraction of sp³-hybridized carbons (Fsp3) is 0.889. The average Bonchev–Trinajstić information content (AvgIpc) is 2.62. The fourth-order valence-corrected chi connectivity index (χ4v) is 1.96. The van der Waals surface area contributed by atoms with Crippen LogP contribution in [0.5, 0.6) is 0 Å². The quantitative estimate of drug-likeness (QED) is 0.274. The molecule has 0 aliphatic carbocycles. The molecular formula is C18H34O7. The number of ether oxygens (including phenoxy) is 5. The van der Waals surface area contributed by atoms with E-state index in [2.05, 4.69) is 11.7 Å². The van der Waals surface area contributed by atoms with E-state index in [1.54, 1.807) is 0 Å². The smallest absolute Gasteiger partial charge is 0.307 e. The van der Waals surface area contributed by atoms with Crippen LogP contribution in [0.25, 0.3) is 0 Å². The van der Waals surface area contributed by atoms with Gasteiger partial charge >= 0.3 is 11.9 Å². The monoisotopic (exact) mass is 362 g/mol. The summed E-state index contributed by atoms with van der Waals surface area (Å²) < 4.78 is 25.4. The van der Waals surface area contributed by atoms with Crippen molar-refractivity contribution in [1.82, 2.24) is 0 Å². The van der Waals surface area contributed by atoms with E-state index in [1.165, 1.54) is 26.4 Å². The van der Waals surface area contributed by atoms with Gasteiger partial charge in [-0.2, -0.15) is 0 Å². The van der Waals surface area contributed by atoms with E-state index >= 15 is 0 Å². The van der Waals surface area contributed by atoms with Gasteiger partial charge in [0.05, 0.1) is 53.2 Å². The Balaban J connectivity index is 3.15. The van der Waals surface area contributed by atoms with Gasteiger partial charge in [0.15, 0.2) is 0 Å². The number of unbranched alkanes of at least 4 members (excludes halogenated alkanes) is 4. The van der Waals surface area contributed by atoms with Crippen molar-refractivity contribution in [3.63, 3.8) is 0 Å². The molecule has 0 spiro atoms. The molecule has 25 heavy (non-hydrogen) atoms. The van der Waals surface area contributed by atoms with E-state index in [-0.39, 0.29) is 25.0 Å². The molecule has 0 saturated heterocycles. The summed E-state index contributed by atoms with van der Waals surface area (Å²) in [7, 11) is 1.35. The Morgan fingerprint density at radius 3 is 1.80 bits per heavy atom. The highest BCUT2D eigenvalue weighted by molar-refractivity contribution is 5.69. The SMILES string of the molecule is CCCCCCCC(=O)OCCOCCOCCOCCC(=O)OC. The van der Waals surface area contributed by atoms with Crippen molar-refractivity contribution in [3.05, 3.63) is 0 Å². The second kappa shape index (κ2) is 19.1. The van der Waals surface area contributed by atoms with Gasteiger partial charge in [0, 0.05) is 6.42 Å². The lowest BCUT2D eigenvalue weighted by atomic mass is 10.1. The largest absolute Gasteiger partial charge is 0.469 e. The molecule has 0 heterocycles. The standard InChI is InChI=1S/C18H34O7/c1-3-4-5-6-7-8-18(20)25-16-15-24-14-13-23-12-11-22-10-9-17(19)21-2/h3-16H2,1-2H3. The molecule has 0 rings (SSSR count). The maximum absolute atomic E-state index is 11.5. The number of carbonyl (C=O) groups is 2. The molecule has 0 amide bonds. The summed E-state index contributed by atoms with van der Waals surface area (Å²) in [5.74, 6) is -0.438. The van der Waals surface area contributed by atoms with Gasteiger partial charge in [0.1, 0.15) is 6.61 Å². The number of esters is 2. The molecule has 0 aliphatic heterocycles. The second-order valence-electron chi connectivity index (χ2n) is 5.55. The lowest BCUT2D eigenvalue weighted by Crippen LogP contribution is -2.14. The van der Waals surface area contributed by atoms with Gasteiger partial charge in [0.25, 0.3) is 0 Å². The maximum Gasteiger partial charge on any atom is 0.307 e. The predicted molar refractivity (Wildman–Crippen MR) is 93.4 cm³/mol. The molecule has 0 aliphatic rings. The number of methoxy groups -OCH3 is 1. The van der Waals surface area contributed by atoms with Crippen molar-refractivity contribution in [3.8, 4) is 0 Å². The number of hydrogen-bond donors (Lipinski definition) is 0. The number of hydrogen-bond acceptors (Lipinski definition) is 7. The van der Waals surface area contributed by atoms with Gasteiger partial charge in [-0.05, 0) is 6.42 Å². The van der Waals surface area contributed by atoms with Crippen molar-refractivity contribution in [2.45, 2.75) is 51.9 Å². The highest BCUT2D eigenvalue weighted by Gasteiger charge is 2.02. The van der Waals surface area contributed by atoms with Crippen LogP contribution in [0.3, 0.4) is 0 Å². The summed E-state index contributed by atoms with van der Waals surface area (Å²) in [6, 6.07) is 0. The first-order valence-corrected chi connectivity index (χ1v) is 9.16. The molecule has 0 aromatic carbocycles. The molecular weight excluding hydrogens is 328 g/mol. The molecule has 0 bridgehead atoms. The van der Waals surface area contributed by atoms with Crippen LogP contribution < -0.4 is 0 Å². The van der Waals surface area contributed by atoms with Crippen molar-refractivity contribution in [2.75, 3.05) is 53.4 Å². The molecule has 148 valence electrons. The summed E-state index contributed by atoms with van der Waals surface area (Å²) in [6.07, 6.45) is 6.33. The van der Waals surface area contributed by atoms with Gasteiger partial charge in [-0.25, -0.2) is 0 Å². The Morgan fingerprint density at radius 2 is 1.20 bits per heavy atom. The average molecular weight is 362 g/mol. The Bertz CT molecular complexity index is 321. The van der Waals surface area contributed by atoms with E-state index in [0.717, 1.165) is 12.8 Å². The topological polar surface area (TPSA) is 80.3 Å². The minimum absolute atomic E-state index is 0.152. The van der Waals surface area contributed by atoms with Crippen LogP contribution in [0, 0.1) is 0 Å². The Kier molecular flexibility index (Phi) is 18.2. The third-order valence-electron chi connectivity index (χ3n) is 3.40. The molecule has 0 aromatic rings. The van der Waals surface area contributed by atoms with Crippen LogP contribution in [0.1, 0.15) is 51.9 Å². The third kappa shape index (κ3) is 19.0. The number of rotatable bonds is 18. The van der Waals surface area contributed by atoms with Crippen molar-refractivity contribution in [1.29, 1.82) is 0 Å². The Morgan fingerprint density at radius 1 is 0.640 bits per heavy atom. The molecule has 0 unspecified atom stereocenters. The van der Waals surface area contributed by atoms with Gasteiger partial charge < -0.3 is 23.7 Å². The summed E-state index contributed by atoms with van der Waals surface area (Å²) in [5.41, 5.74) is 0. The first-order chi connectivity index (χ1) is 12.2. The van der Waals surface area contributed by atoms with Crippen LogP contribution >= 0.6 is 0 Å². The van der Waals surface area contributed by atoms with Gasteiger partial charge in [-0.3, -0.25) is 9.59 Å². The number of carbonyl (C=O) groups excluding carboxylic acids is 2. The van der Waals surface area contributed by atoms with Crippen LogP contribution in [0.2, 0.25) is 0 Å². The zero-order chi connectivity index (χ0) is 18.6. The first kappa shape index (κ1) is 23.8. The summed E-state index contributed by atoms with van der Waals surface area (Å²) >= 11 is 0. The molecule has 0 saturated carbocycles. The summed E-state index contributed by atoms with van der Waals surface area (Å²) in [5, 5.41) is 0. The molecule has 0 aromatic heterocycles. The van der Waals surface area contributed by atoms with Crippen molar-refractivity contribution < 1.29 is 33.3 Å². The minimum Gasteiger partial charge on any atom is -0.469 e. The van der Waals surface area contributed by atoms with E-state index in [4.69, 9.17) is 18.9 Å². The highest BCUT2D eigenvalue weighted by Crippen LogP contribution is 2.05. The molecule has 0 fully saturated rings. The lowest BCUT2D eigenvalue weighted by molar-refractivity contribution is -0.145.